The van der Waals surface area contributed by atoms with Crippen molar-refractivity contribution in [3.63, 3.8) is 0 Å². The number of fused-ring (bicyclic) bond motifs is 1. The molecule has 0 bridgehead atoms. The number of carbonyl (C=O) groups is 4. The van der Waals surface area contributed by atoms with E-state index in [0.29, 0.717) is 17.9 Å². The predicted octanol–water partition coefficient (Wildman–Crippen LogP) is 4.04. The highest BCUT2D eigenvalue weighted by Gasteiger charge is 2.37. The van der Waals surface area contributed by atoms with E-state index in [-0.39, 0.29) is 22.5 Å². The first-order valence-corrected chi connectivity index (χ1v) is 9.25. The standard InChI is InChI=1S/C22H21NO5/c1-3-4-5-11-28-22(27)16-9-10-18-19(13-16)21(26)23(20(18)25)17-8-6-7-15(12-17)14(2)24/h6-10,12-13H,3-5,11H2,1-2H3. The second-order valence-electron chi connectivity index (χ2n) is 6.66. The quantitative estimate of drug-likeness (QED) is 0.314. The fraction of sp³-hybridized carbons (Fsp3) is 0.273. The van der Waals surface area contributed by atoms with Crippen LogP contribution in [0.3, 0.4) is 0 Å². The number of esters is 1. The van der Waals surface area contributed by atoms with Crippen LogP contribution in [0.1, 0.15) is 74.5 Å². The summed E-state index contributed by atoms with van der Waals surface area (Å²) in [5.74, 6) is -1.69. The largest absolute Gasteiger partial charge is 0.462 e. The van der Waals surface area contributed by atoms with Crippen LogP contribution >= 0.6 is 0 Å². The molecule has 1 heterocycles. The van der Waals surface area contributed by atoms with Gasteiger partial charge in [0.1, 0.15) is 0 Å². The summed E-state index contributed by atoms with van der Waals surface area (Å²) >= 11 is 0. The van der Waals surface area contributed by atoms with E-state index in [4.69, 9.17) is 4.74 Å². The molecule has 0 spiro atoms. The van der Waals surface area contributed by atoms with E-state index >= 15 is 0 Å². The molecule has 1 aliphatic rings. The molecule has 0 aromatic heterocycles. The maximum Gasteiger partial charge on any atom is 0.338 e. The van der Waals surface area contributed by atoms with Crippen LogP contribution in [0.5, 0.6) is 0 Å². The van der Waals surface area contributed by atoms with Crippen LogP contribution in [0.4, 0.5) is 5.69 Å². The van der Waals surface area contributed by atoms with Gasteiger partial charge in [-0.1, -0.05) is 31.9 Å². The Balaban J connectivity index is 1.85. The summed E-state index contributed by atoms with van der Waals surface area (Å²) in [5, 5.41) is 0. The maximum absolute atomic E-state index is 12.8. The number of hydrogen-bond donors (Lipinski definition) is 0. The van der Waals surface area contributed by atoms with Crippen molar-refractivity contribution in [3.8, 4) is 0 Å². The van der Waals surface area contributed by atoms with Gasteiger partial charge >= 0.3 is 5.97 Å². The third-order valence-electron chi connectivity index (χ3n) is 4.61. The molecule has 144 valence electrons. The van der Waals surface area contributed by atoms with Crippen molar-refractivity contribution in [1.82, 2.24) is 0 Å². The number of carbonyl (C=O) groups excluding carboxylic acids is 4. The molecular weight excluding hydrogens is 358 g/mol. The SMILES string of the molecule is CCCCCOC(=O)c1ccc2c(c1)C(=O)N(c1cccc(C(C)=O)c1)C2=O. The van der Waals surface area contributed by atoms with Gasteiger partial charge in [0.05, 0.1) is 29.0 Å². The highest BCUT2D eigenvalue weighted by molar-refractivity contribution is 6.34. The molecule has 0 aliphatic carbocycles. The summed E-state index contributed by atoms with van der Waals surface area (Å²) in [6.07, 6.45) is 2.78. The highest BCUT2D eigenvalue weighted by Crippen LogP contribution is 2.30. The first-order chi connectivity index (χ1) is 13.4. The molecule has 1 aliphatic heterocycles. The summed E-state index contributed by atoms with van der Waals surface area (Å²) < 4.78 is 5.22. The molecule has 2 aromatic carbocycles. The zero-order chi connectivity index (χ0) is 20.3. The molecule has 0 saturated carbocycles. The van der Waals surface area contributed by atoms with Gasteiger partial charge in [-0.3, -0.25) is 14.4 Å². The molecule has 6 heteroatoms. The van der Waals surface area contributed by atoms with Crippen molar-refractivity contribution >= 4 is 29.3 Å². The Kier molecular flexibility index (Phi) is 5.68. The third-order valence-corrected chi connectivity index (χ3v) is 4.61. The van der Waals surface area contributed by atoms with Crippen LogP contribution in [0, 0.1) is 0 Å². The lowest BCUT2D eigenvalue weighted by Crippen LogP contribution is -2.29. The zero-order valence-electron chi connectivity index (χ0n) is 15.9. The van der Waals surface area contributed by atoms with E-state index in [1.807, 2.05) is 0 Å². The molecule has 3 rings (SSSR count). The van der Waals surface area contributed by atoms with Crippen LogP contribution in [0.15, 0.2) is 42.5 Å². The number of unbranched alkanes of at least 4 members (excludes halogenated alkanes) is 2. The van der Waals surface area contributed by atoms with Crippen LogP contribution in [-0.4, -0.2) is 30.2 Å². The van der Waals surface area contributed by atoms with E-state index in [1.54, 1.807) is 18.2 Å². The lowest BCUT2D eigenvalue weighted by Gasteiger charge is -2.14. The van der Waals surface area contributed by atoms with Gasteiger partial charge in [-0.25, -0.2) is 9.69 Å². The van der Waals surface area contributed by atoms with Gasteiger partial charge in [0, 0.05) is 5.56 Å². The fourth-order valence-corrected chi connectivity index (χ4v) is 3.07. The lowest BCUT2D eigenvalue weighted by atomic mass is 10.1. The summed E-state index contributed by atoms with van der Waals surface area (Å²) in [6, 6.07) is 10.7. The summed E-state index contributed by atoms with van der Waals surface area (Å²) in [4.78, 5) is 50.4. The van der Waals surface area contributed by atoms with Crippen LogP contribution < -0.4 is 4.90 Å². The summed E-state index contributed by atoms with van der Waals surface area (Å²) in [5.41, 5.74) is 1.34. The molecule has 0 radical (unpaired) electrons. The number of ether oxygens (including phenoxy) is 1. The number of rotatable bonds is 7. The number of imide groups is 1. The second-order valence-corrected chi connectivity index (χ2v) is 6.66. The van der Waals surface area contributed by atoms with Crippen LogP contribution in [0.2, 0.25) is 0 Å². The van der Waals surface area contributed by atoms with Crippen molar-refractivity contribution in [2.24, 2.45) is 0 Å². The normalized spacial score (nSPS) is 12.9. The molecule has 0 unspecified atom stereocenters. The number of Topliss-reactive ketones (excluding diaryl/α,β-unsaturated/α-hetero) is 1. The number of anilines is 1. The number of nitrogens with zero attached hydrogens (tertiary/aromatic N) is 1. The van der Waals surface area contributed by atoms with Crippen LogP contribution in [-0.2, 0) is 4.74 Å². The van der Waals surface area contributed by atoms with Gasteiger partial charge in [0.2, 0.25) is 0 Å². The minimum atomic E-state index is -0.527. The molecule has 0 fully saturated rings. The van der Waals surface area contributed by atoms with Crippen LogP contribution in [0.25, 0.3) is 0 Å². The lowest BCUT2D eigenvalue weighted by molar-refractivity contribution is 0.0497. The molecule has 2 amide bonds. The minimum Gasteiger partial charge on any atom is -0.462 e. The highest BCUT2D eigenvalue weighted by atomic mass is 16.5. The van der Waals surface area contributed by atoms with Gasteiger partial charge < -0.3 is 4.74 Å². The number of amides is 2. The van der Waals surface area contributed by atoms with Gasteiger partial charge in [-0.2, -0.15) is 0 Å². The van der Waals surface area contributed by atoms with Gasteiger partial charge in [-0.15, -0.1) is 0 Å². The van der Waals surface area contributed by atoms with Gasteiger partial charge in [-0.05, 0) is 43.7 Å². The molecule has 28 heavy (non-hydrogen) atoms. The Morgan fingerprint density at radius 1 is 0.929 bits per heavy atom. The monoisotopic (exact) mass is 379 g/mol. The maximum atomic E-state index is 12.8. The Morgan fingerprint density at radius 2 is 1.68 bits per heavy atom. The smallest absolute Gasteiger partial charge is 0.338 e. The summed E-state index contributed by atoms with van der Waals surface area (Å²) in [6.45, 7) is 3.79. The predicted molar refractivity (Wildman–Crippen MR) is 104 cm³/mol. The first kappa shape index (κ1) is 19.5. The number of ketones is 1. The average molecular weight is 379 g/mol. The van der Waals surface area contributed by atoms with E-state index in [9.17, 15) is 19.2 Å². The molecule has 0 N–H and O–H groups in total. The molecular formula is C22H21NO5. The van der Waals surface area contributed by atoms with Gasteiger partial charge in [0.25, 0.3) is 11.8 Å². The van der Waals surface area contributed by atoms with Gasteiger partial charge in [0.15, 0.2) is 5.78 Å². The number of benzene rings is 2. The van der Waals surface area contributed by atoms with E-state index in [2.05, 4.69) is 6.92 Å². The molecule has 0 saturated heterocycles. The first-order valence-electron chi connectivity index (χ1n) is 9.25. The topological polar surface area (TPSA) is 80.8 Å². The Hall–Kier alpha value is -3.28. The van der Waals surface area contributed by atoms with Crippen molar-refractivity contribution in [3.05, 3.63) is 64.7 Å². The van der Waals surface area contributed by atoms with E-state index in [1.165, 1.54) is 31.2 Å². The minimum absolute atomic E-state index is 0.154. The molecule has 0 atom stereocenters. The third kappa shape index (κ3) is 3.71. The van der Waals surface area contributed by atoms with Crippen molar-refractivity contribution in [2.45, 2.75) is 33.1 Å². The average Bonchev–Trinajstić information content (AvgIpc) is 2.95. The Morgan fingerprint density at radius 3 is 2.39 bits per heavy atom. The zero-order valence-corrected chi connectivity index (χ0v) is 15.9. The molecule has 2 aromatic rings. The van der Waals surface area contributed by atoms with Crippen molar-refractivity contribution < 1.29 is 23.9 Å². The Bertz CT molecular complexity index is 963. The van der Waals surface area contributed by atoms with E-state index in [0.717, 1.165) is 24.2 Å². The Labute approximate surface area is 163 Å². The molecule has 6 nitrogen and oxygen atoms in total. The number of hydrogen-bond acceptors (Lipinski definition) is 5. The van der Waals surface area contributed by atoms with Crippen molar-refractivity contribution in [2.75, 3.05) is 11.5 Å². The van der Waals surface area contributed by atoms with E-state index < -0.39 is 17.8 Å². The fourth-order valence-electron chi connectivity index (χ4n) is 3.07. The van der Waals surface area contributed by atoms with Crippen molar-refractivity contribution in [1.29, 1.82) is 0 Å². The summed E-state index contributed by atoms with van der Waals surface area (Å²) in [7, 11) is 0. The second kappa shape index (κ2) is 8.17.